The molecule has 0 radical (unpaired) electrons. The summed E-state index contributed by atoms with van der Waals surface area (Å²) in [5.74, 6) is 1.30. The van der Waals surface area contributed by atoms with E-state index >= 15 is 0 Å². The zero-order valence-corrected chi connectivity index (χ0v) is 11.6. The van der Waals surface area contributed by atoms with Crippen molar-refractivity contribution in [2.45, 2.75) is 26.4 Å². The minimum absolute atomic E-state index is 0.148. The van der Waals surface area contributed by atoms with Crippen LogP contribution in [0.3, 0.4) is 0 Å². The first-order chi connectivity index (χ1) is 9.65. The van der Waals surface area contributed by atoms with E-state index in [1.165, 1.54) is 0 Å². The Labute approximate surface area is 117 Å². The van der Waals surface area contributed by atoms with Crippen LogP contribution < -0.4 is 10.1 Å². The fraction of sp³-hybridized carbons (Fsp3) is 0.333. The standard InChI is InChI=1S/C15H18N2O3/c1-11-10-14(20-17-11)8-9-16-15(18)12(2)19-13-6-4-3-5-7-13/h3-7,10,12H,8-9H2,1-2H3,(H,16,18)/t12-/m1/s1. The largest absolute Gasteiger partial charge is 0.481 e. The van der Waals surface area contributed by atoms with Gasteiger partial charge in [-0.25, -0.2) is 0 Å². The summed E-state index contributed by atoms with van der Waals surface area (Å²) in [5, 5.41) is 6.60. The molecule has 2 rings (SSSR count). The molecular formula is C15H18N2O3. The van der Waals surface area contributed by atoms with E-state index in [4.69, 9.17) is 9.26 Å². The summed E-state index contributed by atoms with van der Waals surface area (Å²) in [6.07, 6.45) is 0.0823. The van der Waals surface area contributed by atoms with E-state index in [2.05, 4.69) is 10.5 Å². The number of para-hydroxylation sites is 1. The molecule has 20 heavy (non-hydrogen) atoms. The van der Waals surface area contributed by atoms with Crippen LogP contribution in [-0.2, 0) is 11.2 Å². The smallest absolute Gasteiger partial charge is 0.260 e. The summed E-state index contributed by atoms with van der Waals surface area (Å²) >= 11 is 0. The normalized spacial score (nSPS) is 11.9. The highest BCUT2D eigenvalue weighted by Gasteiger charge is 2.14. The Morgan fingerprint density at radius 1 is 1.40 bits per heavy atom. The zero-order chi connectivity index (χ0) is 14.4. The summed E-state index contributed by atoms with van der Waals surface area (Å²) in [4.78, 5) is 11.9. The van der Waals surface area contributed by atoms with Crippen molar-refractivity contribution < 1.29 is 14.1 Å². The second-order valence-corrected chi connectivity index (χ2v) is 4.55. The Hall–Kier alpha value is -2.30. The number of aryl methyl sites for hydroxylation is 1. The van der Waals surface area contributed by atoms with Crippen molar-refractivity contribution in [2.75, 3.05) is 6.54 Å². The molecule has 1 N–H and O–H groups in total. The molecule has 0 saturated heterocycles. The van der Waals surface area contributed by atoms with E-state index in [9.17, 15) is 4.79 Å². The Morgan fingerprint density at radius 3 is 2.80 bits per heavy atom. The molecule has 5 nitrogen and oxygen atoms in total. The lowest BCUT2D eigenvalue weighted by Crippen LogP contribution is -2.37. The Kier molecular flexibility index (Phi) is 4.76. The average molecular weight is 274 g/mol. The molecule has 0 saturated carbocycles. The van der Waals surface area contributed by atoms with Crippen molar-refractivity contribution in [2.24, 2.45) is 0 Å². The number of ether oxygens (including phenoxy) is 1. The van der Waals surface area contributed by atoms with Crippen LogP contribution in [0.2, 0.25) is 0 Å². The molecule has 0 bridgehead atoms. The highest BCUT2D eigenvalue weighted by molar-refractivity contribution is 5.80. The van der Waals surface area contributed by atoms with Crippen LogP contribution in [0.1, 0.15) is 18.4 Å². The molecule has 1 amide bonds. The van der Waals surface area contributed by atoms with Crippen LogP contribution in [0.25, 0.3) is 0 Å². The van der Waals surface area contributed by atoms with Gasteiger partial charge in [-0.2, -0.15) is 0 Å². The molecule has 0 unspecified atom stereocenters. The molecule has 2 aromatic rings. The summed E-state index contributed by atoms with van der Waals surface area (Å²) in [7, 11) is 0. The highest BCUT2D eigenvalue weighted by Crippen LogP contribution is 2.10. The number of aromatic nitrogens is 1. The number of carbonyl (C=O) groups excluding carboxylic acids is 1. The molecule has 1 aromatic heterocycles. The van der Waals surface area contributed by atoms with E-state index in [0.717, 1.165) is 11.5 Å². The van der Waals surface area contributed by atoms with Gasteiger partial charge in [0.25, 0.3) is 5.91 Å². The summed E-state index contributed by atoms with van der Waals surface area (Å²) < 4.78 is 10.6. The van der Waals surface area contributed by atoms with Crippen LogP contribution >= 0.6 is 0 Å². The molecule has 1 heterocycles. The number of amides is 1. The molecule has 1 atom stereocenters. The monoisotopic (exact) mass is 274 g/mol. The number of hydrogen-bond donors (Lipinski definition) is 1. The molecule has 5 heteroatoms. The fourth-order valence-corrected chi connectivity index (χ4v) is 1.74. The SMILES string of the molecule is Cc1cc(CCNC(=O)[C@@H](C)Oc2ccccc2)on1. The van der Waals surface area contributed by atoms with Gasteiger partial charge in [-0.05, 0) is 26.0 Å². The minimum Gasteiger partial charge on any atom is -0.481 e. The van der Waals surface area contributed by atoms with E-state index in [-0.39, 0.29) is 5.91 Å². The number of nitrogens with zero attached hydrogens (tertiary/aromatic N) is 1. The van der Waals surface area contributed by atoms with Crippen molar-refractivity contribution >= 4 is 5.91 Å². The lowest BCUT2D eigenvalue weighted by atomic mass is 10.3. The van der Waals surface area contributed by atoms with Gasteiger partial charge in [-0.3, -0.25) is 4.79 Å². The van der Waals surface area contributed by atoms with Gasteiger partial charge in [0.05, 0.1) is 5.69 Å². The van der Waals surface area contributed by atoms with E-state index in [1.54, 1.807) is 6.92 Å². The predicted octanol–water partition coefficient (Wildman–Crippen LogP) is 2.11. The molecule has 0 aliphatic heterocycles. The first kappa shape index (κ1) is 14.1. The summed E-state index contributed by atoms with van der Waals surface area (Å²) in [6, 6.07) is 11.1. The molecule has 0 aliphatic rings. The van der Waals surface area contributed by atoms with Gasteiger partial charge in [0.2, 0.25) is 0 Å². The van der Waals surface area contributed by atoms with E-state index < -0.39 is 6.10 Å². The lowest BCUT2D eigenvalue weighted by Gasteiger charge is -2.14. The Bertz CT molecular complexity index is 551. The van der Waals surface area contributed by atoms with E-state index in [0.29, 0.717) is 18.7 Å². The number of benzene rings is 1. The molecule has 0 fully saturated rings. The average Bonchev–Trinajstić information content (AvgIpc) is 2.85. The van der Waals surface area contributed by atoms with Gasteiger partial charge < -0.3 is 14.6 Å². The van der Waals surface area contributed by atoms with Gasteiger partial charge in [-0.1, -0.05) is 23.4 Å². The van der Waals surface area contributed by atoms with Crippen molar-refractivity contribution in [1.29, 1.82) is 0 Å². The number of nitrogens with one attached hydrogen (secondary N) is 1. The molecule has 0 aliphatic carbocycles. The van der Waals surface area contributed by atoms with Crippen molar-refractivity contribution in [3.63, 3.8) is 0 Å². The zero-order valence-electron chi connectivity index (χ0n) is 11.6. The first-order valence-corrected chi connectivity index (χ1v) is 6.57. The van der Waals surface area contributed by atoms with Crippen molar-refractivity contribution in [3.8, 4) is 5.75 Å². The van der Waals surface area contributed by atoms with Crippen LogP contribution in [0, 0.1) is 6.92 Å². The first-order valence-electron chi connectivity index (χ1n) is 6.57. The maximum absolute atomic E-state index is 11.9. The fourth-order valence-electron chi connectivity index (χ4n) is 1.74. The van der Waals surface area contributed by atoms with Gasteiger partial charge in [0, 0.05) is 19.0 Å². The van der Waals surface area contributed by atoms with Crippen LogP contribution in [0.15, 0.2) is 40.9 Å². The second kappa shape index (κ2) is 6.75. The van der Waals surface area contributed by atoms with Crippen LogP contribution in [0.5, 0.6) is 5.75 Å². The summed E-state index contributed by atoms with van der Waals surface area (Å²) in [5.41, 5.74) is 0.840. The molecule has 106 valence electrons. The Morgan fingerprint density at radius 2 is 2.15 bits per heavy atom. The molecule has 0 spiro atoms. The number of carbonyl (C=O) groups is 1. The lowest BCUT2D eigenvalue weighted by molar-refractivity contribution is -0.127. The highest BCUT2D eigenvalue weighted by atomic mass is 16.5. The maximum Gasteiger partial charge on any atom is 0.260 e. The van der Waals surface area contributed by atoms with Gasteiger partial charge in [0.1, 0.15) is 11.5 Å². The van der Waals surface area contributed by atoms with E-state index in [1.807, 2.05) is 43.3 Å². The third-order valence-corrected chi connectivity index (χ3v) is 2.77. The molecular weight excluding hydrogens is 256 g/mol. The van der Waals surface area contributed by atoms with Crippen LogP contribution in [0.4, 0.5) is 0 Å². The quantitative estimate of drug-likeness (QED) is 0.876. The third kappa shape index (κ3) is 4.12. The van der Waals surface area contributed by atoms with Gasteiger partial charge in [0.15, 0.2) is 6.10 Å². The maximum atomic E-state index is 11.9. The minimum atomic E-state index is -0.533. The van der Waals surface area contributed by atoms with Gasteiger partial charge >= 0.3 is 0 Å². The molecule has 1 aromatic carbocycles. The number of rotatable bonds is 6. The number of hydrogen-bond acceptors (Lipinski definition) is 4. The summed E-state index contributed by atoms with van der Waals surface area (Å²) in [6.45, 7) is 4.08. The third-order valence-electron chi connectivity index (χ3n) is 2.77. The topological polar surface area (TPSA) is 64.4 Å². The van der Waals surface area contributed by atoms with Crippen molar-refractivity contribution in [3.05, 3.63) is 47.9 Å². The van der Waals surface area contributed by atoms with Crippen molar-refractivity contribution in [1.82, 2.24) is 10.5 Å². The Balaban J connectivity index is 1.74. The predicted molar refractivity (Wildman–Crippen MR) is 74.5 cm³/mol. The second-order valence-electron chi connectivity index (χ2n) is 4.55. The van der Waals surface area contributed by atoms with Gasteiger partial charge in [-0.15, -0.1) is 0 Å². The van der Waals surface area contributed by atoms with Crippen LogP contribution in [-0.4, -0.2) is 23.7 Å².